The maximum Gasteiger partial charge on any atom is 0.416 e. The van der Waals surface area contributed by atoms with E-state index < -0.39 is 43.1 Å². The Morgan fingerprint density at radius 3 is 1.60 bits per heavy atom. The van der Waals surface area contributed by atoms with Gasteiger partial charge in [0.15, 0.2) is 0 Å². The van der Waals surface area contributed by atoms with E-state index in [1.165, 1.54) is 0 Å². The number of halogens is 6. The van der Waals surface area contributed by atoms with Crippen LogP contribution in [0.15, 0.2) is 18.2 Å². The summed E-state index contributed by atoms with van der Waals surface area (Å²) in [4.78, 5) is 0. The highest BCUT2D eigenvalue weighted by atomic mass is 28.3. The van der Waals surface area contributed by atoms with Crippen molar-refractivity contribution in [3.8, 4) is 0 Å². The van der Waals surface area contributed by atoms with Crippen molar-refractivity contribution < 1.29 is 31.4 Å². The molecule has 0 bridgehead atoms. The van der Waals surface area contributed by atoms with E-state index in [2.05, 4.69) is 19.6 Å². The lowest BCUT2D eigenvalue weighted by atomic mass is 9.79. The minimum absolute atomic E-state index is 0.0747. The van der Waals surface area contributed by atoms with Crippen LogP contribution < -0.4 is 0 Å². The first-order chi connectivity index (χ1) is 10.9. The molecule has 0 aliphatic heterocycles. The summed E-state index contributed by atoms with van der Waals surface area (Å²) in [6, 6.07) is 2.10. The smallest absolute Gasteiger partial charge is 0.388 e. The maximum atomic E-state index is 13.0. The van der Waals surface area contributed by atoms with Gasteiger partial charge in [-0.05, 0) is 35.6 Å². The molecule has 1 unspecified atom stereocenters. The van der Waals surface area contributed by atoms with Crippen LogP contribution in [-0.4, -0.2) is 13.2 Å². The van der Waals surface area contributed by atoms with E-state index in [1.54, 1.807) is 13.8 Å². The molecular formula is C17H24F6OSi. The van der Waals surface area contributed by atoms with Crippen LogP contribution in [0.3, 0.4) is 0 Å². The summed E-state index contributed by atoms with van der Waals surface area (Å²) in [5.74, 6) is 0. The average molecular weight is 386 g/mol. The van der Waals surface area contributed by atoms with Crippen molar-refractivity contribution in [2.24, 2.45) is 5.41 Å². The van der Waals surface area contributed by atoms with Gasteiger partial charge in [0.05, 0.1) is 17.2 Å². The second-order valence-electron chi connectivity index (χ2n) is 8.29. The molecule has 1 nitrogen and oxygen atoms in total. The SMILES string of the molecule is CC(C)(CC[Si](C)(C)C)C(O)c1cc(C(F)(F)F)cc(C(F)(F)F)c1. The van der Waals surface area contributed by atoms with Gasteiger partial charge < -0.3 is 5.11 Å². The molecule has 0 radical (unpaired) electrons. The Morgan fingerprint density at radius 2 is 1.28 bits per heavy atom. The first-order valence-electron chi connectivity index (χ1n) is 7.91. The Bertz CT molecular complexity index is 566. The number of benzene rings is 1. The van der Waals surface area contributed by atoms with Gasteiger partial charge >= 0.3 is 12.4 Å². The molecule has 1 aromatic carbocycles. The Balaban J connectivity index is 3.30. The van der Waals surface area contributed by atoms with Gasteiger partial charge in [-0.2, -0.15) is 26.3 Å². The Morgan fingerprint density at radius 1 is 0.880 bits per heavy atom. The van der Waals surface area contributed by atoms with Crippen LogP contribution in [0.4, 0.5) is 26.3 Å². The molecule has 0 amide bonds. The molecule has 1 atom stereocenters. The average Bonchev–Trinajstić information content (AvgIpc) is 2.41. The summed E-state index contributed by atoms with van der Waals surface area (Å²) in [5.41, 5.74) is -4.01. The van der Waals surface area contributed by atoms with Crippen LogP contribution in [0.5, 0.6) is 0 Å². The number of aliphatic hydroxyl groups is 1. The fourth-order valence-electron chi connectivity index (χ4n) is 2.42. The molecule has 0 aromatic heterocycles. The monoisotopic (exact) mass is 386 g/mol. The molecule has 1 N–H and O–H groups in total. The summed E-state index contributed by atoms with van der Waals surface area (Å²) in [6.45, 7) is 9.65. The van der Waals surface area contributed by atoms with Gasteiger partial charge in [-0.15, -0.1) is 0 Å². The van der Waals surface area contributed by atoms with Crippen LogP contribution in [0.25, 0.3) is 0 Å². The molecule has 0 saturated carbocycles. The lowest BCUT2D eigenvalue weighted by Gasteiger charge is -2.33. The zero-order chi connectivity index (χ0) is 19.8. The first kappa shape index (κ1) is 22.0. The molecule has 0 spiro atoms. The molecule has 1 aromatic rings. The Labute approximate surface area is 145 Å². The second-order valence-corrected chi connectivity index (χ2v) is 13.9. The van der Waals surface area contributed by atoms with E-state index in [4.69, 9.17) is 0 Å². The molecule has 25 heavy (non-hydrogen) atoms. The van der Waals surface area contributed by atoms with Gasteiger partial charge in [-0.1, -0.05) is 39.5 Å². The molecule has 0 aliphatic carbocycles. The number of hydrogen-bond donors (Lipinski definition) is 1. The lowest BCUT2D eigenvalue weighted by Crippen LogP contribution is -2.28. The minimum atomic E-state index is -4.92. The topological polar surface area (TPSA) is 20.2 Å². The normalized spacial score (nSPS) is 15.4. The molecule has 0 aliphatic rings. The third kappa shape index (κ3) is 6.33. The summed E-state index contributed by atoms with van der Waals surface area (Å²) in [6.07, 6.45) is -10.7. The number of aliphatic hydroxyl groups excluding tert-OH is 1. The van der Waals surface area contributed by atoms with Crippen LogP contribution in [0.2, 0.25) is 25.7 Å². The quantitative estimate of drug-likeness (QED) is 0.452. The highest BCUT2D eigenvalue weighted by molar-refractivity contribution is 6.76. The number of hydrogen-bond acceptors (Lipinski definition) is 1. The van der Waals surface area contributed by atoms with E-state index in [0.29, 0.717) is 18.6 Å². The van der Waals surface area contributed by atoms with Crippen molar-refractivity contribution in [1.29, 1.82) is 0 Å². The molecule has 0 fully saturated rings. The van der Waals surface area contributed by atoms with Gasteiger partial charge in [0.25, 0.3) is 0 Å². The van der Waals surface area contributed by atoms with Crippen LogP contribution in [-0.2, 0) is 12.4 Å². The van der Waals surface area contributed by atoms with Gasteiger partial charge in [0.2, 0.25) is 0 Å². The zero-order valence-electron chi connectivity index (χ0n) is 14.9. The number of alkyl halides is 6. The summed E-state index contributed by atoms with van der Waals surface area (Å²) >= 11 is 0. The third-order valence-electron chi connectivity index (χ3n) is 4.19. The molecule has 0 saturated heterocycles. The highest BCUT2D eigenvalue weighted by Crippen LogP contribution is 2.43. The predicted octanol–water partition coefficient (Wildman–Crippen LogP) is 6.51. The van der Waals surface area contributed by atoms with Crippen LogP contribution in [0.1, 0.15) is 43.1 Å². The van der Waals surface area contributed by atoms with E-state index >= 15 is 0 Å². The van der Waals surface area contributed by atoms with Crippen LogP contribution >= 0.6 is 0 Å². The van der Waals surface area contributed by atoms with Crippen molar-refractivity contribution in [3.05, 3.63) is 34.9 Å². The van der Waals surface area contributed by atoms with Crippen molar-refractivity contribution >= 4 is 8.07 Å². The Kier molecular flexibility index (Phi) is 6.12. The maximum absolute atomic E-state index is 13.0. The molecule has 0 heterocycles. The minimum Gasteiger partial charge on any atom is -0.388 e. The van der Waals surface area contributed by atoms with E-state index in [-0.39, 0.29) is 11.6 Å². The second kappa shape index (κ2) is 6.94. The van der Waals surface area contributed by atoms with Crippen molar-refractivity contribution in [3.63, 3.8) is 0 Å². The Hall–Kier alpha value is -1.02. The fraction of sp³-hybridized carbons (Fsp3) is 0.647. The predicted molar refractivity (Wildman–Crippen MR) is 88.0 cm³/mol. The first-order valence-corrected chi connectivity index (χ1v) is 11.6. The number of rotatable bonds is 5. The summed E-state index contributed by atoms with van der Waals surface area (Å²) in [7, 11) is -1.47. The molecule has 1 rings (SSSR count). The third-order valence-corrected chi connectivity index (χ3v) is 5.94. The van der Waals surface area contributed by atoms with Crippen molar-refractivity contribution in [2.45, 2.75) is 64.4 Å². The molecule has 144 valence electrons. The molecular weight excluding hydrogens is 362 g/mol. The van der Waals surface area contributed by atoms with E-state index in [9.17, 15) is 31.4 Å². The van der Waals surface area contributed by atoms with E-state index in [1.807, 2.05) is 0 Å². The van der Waals surface area contributed by atoms with Gasteiger partial charge in [0.1, 0.15) is 0 Å². The summed E-state index contributed by atoms with van der Waals surface area (Å²) < 4.78 is 77.7. The molecule has 8 heteroatoms. The largest absolute Gasteiger partial charge is 0.416 e. The fourth-order valence-corrected chi connectivity index (χ4v) is 3.82. The van der Waals surface area contributed by atoms with Gasteiger partial charge in [-0.25, -0.2) is 0 Å². The highest BCUT2D eigenvalue weighted by Gasteiger charge is 2.39. The standard InChI is InChI=1S/C17H24F6OSi/c1-15(2,6-7-25(3,4)5)14(24)11-8-12(16(18,19)20)10-13(9-11)17(21,22)23/h8-10,14,24H,6-7H2,1-5H3. The van der Waals surface area contributed by atoms with Crippen molar-refractivity contribution in [1.82, 2.24) is 0 Å². The van der Waals surface area contributed by atoms with Crippen LogP contribution in [0, 0.1) is 5.41 Å². The van der Waals surface area contributed by atoms with Gasteiger partial charge in [-0.3, -0.25) is 0 Å². The van der Waals surface area contributed by atoms with E-state index in [0.717, 1.165) is 6.04 Å². The lowest BCUT2D eigenvalue weighted by molar-refractivity contribution is -0.143. The van der Waals surface area contributed by atoms with Crippen molar-refractivity contribution in [2.75, 3.05) is 0 Å². The zero-order valence-corrected chi connectivity index (χ0v) is 15.9. The van der Waals surface area contributed by atoms with Gasteiger partial charge in [0, 0.05) is 8.07 Å². The summed E-state index contributed by atoms with van der Waals surface area (Å²) in [5, 5.41) is 10.5.